The van der Waals surface area contributed by atoms with Crippen LogP contribution in [0.1, 0.15) is 18.1 Å². The van der Waals surface area contributed by atoms with Gasteiger partial charge in [-0.15, -0.1) is 0 Å². The third kappa shape index (κ3) is 3.19. The first-order chi connectivity index (χ1) is 11.1. The lowest BCUT2D eigenvalue weighted by Gasteiger charge is -2.14. The Hall–Kier alpha value is -2.41. The maximum Gasteiger partial charge on any atom is 0.237 e. The summed E-state index contributed by atoms with van der Waals surface area (Å²) < 4.78 is 0. The van der Waals surface area contributed by atoms with Crippen molar-refractivity contribution in [2.45, 2.75) is 31.0 Å². The molecule has 3 aromatic rings. The van der Waals surface area contributed by atoms with Crippen LogP contribution in [0.2, 0.25) is 0 Å². The number of carbonyl (C=O) groups is 1. The average Bonchev–Trinajstić information content (AvgIpc) is 3.01. The smallest absolute Gasteiger partial charge is 0.237 e. The highest BCUT2D eigenvalue weighted by molar-refractivity contribution is 8.00. The standard InChI is InChI=1S/C16H17N5OS/c1-9-5-4-6-12(10(9)2)21-15(22)11(3)23-16-13-14(18-7-17-13)19-8-20-16/h4-8,11H,1-3H3,(H,21,22)(H,17,18,19,20)/t11-/m1/s1. The van der Waals surface area contributed by atoms with Crippen LogP contribution in [0, 0.1) is 13.8 Å². The van der Waals surface area contributed by atoms with Gasteiger partial charge in [0, 0.05) is 5.69 Å². The third-order valence-electron chi connectivity index (χ3n) is 3.71. The highest BCUT2D eigenvalue weighted by Gasteiger charge is 2.18. The molecule has 3 rings (SSSR count). The van der Waals surface area contributed by atoms with E-state index in [1.54, 1.807) is 6.33 Å². The first-order valence-corrected chi connectivity index (χ1v) is 8.12. The summed E-state index contributed by atoms with van der Waals surface area (Å²) in [5, 5.41) is 3.41. The number of imidazole rings is 1. The molecule has 6 nitrogen and oxygen atoms in total. The minimum atomic E-state index is -0.295. The zero-order chi connectivity index (χ0) is 16.4. The quantitative estimate of drug-likeness (QED) is 0.568. The molecule has 1 atom stereocenters. The van der Waals surface area contributed by atoms with Crippen molar-refractivity contribution in [3.63, 3.8) is 0 Å². The maximum absolute atomic E-state index is 12.5. The Morgan fingerprint density at radius 1 is 1.26 bits per heavy atom. The summed E-state index contributed by atoms with van der Waals surface area (Å²) in [6.07, 6.45) is 3.03. The molecular weight excluding hydrogens is 310 g/mol. The maximum atomic E-state index is 12.5. The van der Waals surface area contributed by atoms with Gasteiger partial charge in [-0.25, -0.2) is 15.0 Å². The van der Waals surface area contributed by atoms with Gasteiger partial charge in [0.1, 0.15) is 16.9 Å². The molecule has 1 aromatic carbocycles. The molecule has 0 spiro atoms. The summed E-state index contributed by atoms with van der Waals surface area (Å²) in [5.74, 6) is -0.0602. The second kappa shape index (κ2) is 6.37. The number of amides is 1. The van der Waals surface area contributed by atoms with Crippen molar-refractivity contribution in [2.75, 3.05) is 5.32 Å². The number of fused-ring (bicyclic) bond motifs is 1. The van der Waals surface area contributed by atoms with Crippen molar-refractivity contribution in [1.29, 1.82) is 0 Å². The Morgan fingerprint density at radius 2 is 2.09 bits per heavy atom. The molecule has 0 fully saturated rings. The molecule has 0 unspecified atom stereocenters. The van der Waals surface area contributed by atoms with Crippen molar-refractivity contribution in [3.8, 4) is 0 Å². The van der Waals surface area contributed by atoms with Crippen LogP contribution in [0.3, 0.4) is 0 Å². The van der Waals surface area contributed by atoms with Crippen molar-refractivity contribution < 1.29 is 4.79 Å². The Morgan fingerprint density at radius 3 is 2.91 bits per heavy atom. The van der Waals surface area contributed by atoms with Gasteiger partial charge in [-0.3, -0.25) is 4.79 Å². The second-order valence-corrected chi connectivity index (χ2v) is 6.61. The fourth-order valence-electron chi connectivity index (χ4n) is 2.17. The van der Waals surface area contributed by atoms with Crippen LogP contribution in [-0.2, 0) is 4.79 Å². The van der Waals surface area contributed by atoms with Crippen LogP contribution in [0.25, 0.3) is 11.2 Å². The molecule has 0 saturated heterocycles. The number of hydrogen-bond acceptors (Lipinski definition) is 5. The van der Waals surface area contributed by atoms with E-state index in [9.17, 15) is 4.79 Å². The molecule has 7 heteroatoms. The van der Waals surface area contributed by atoms with E-state index in [2.05, 4.69) is 25.3 Å². The second-order valence-electron chi connectivity index (χ2n) is 5.28. The lowest BCUT2D eigenvalue weighted by Crippen LogP contribution is -2.23. The van der Waals surface area contributed by atoms with Gasteiger partial charge in [-0.1, -0.05) is 23.9 Å². The van der Waals surface area contributed by atoms with Crippen molar-refractivity contribution >= 4 is 34.5 Å². The molecular formula is C16H17N5OS. The monoisotopic (exact) mass is 327 g/mol. The summed E-state index contributed by atoms with van der Waals surface area (Å²) in [4.78, 5) is 27.9. The first kappa shape index (κ1) is 15.5. The number of aryl methyl sites for hydroxylation is 1. The zero-order valence-electron chi connectivity index (χ0n) is 13.1. The summed E-state index contributed by atoms with van der Waals surface area (Å²) in [6, 6.07) is 5.88. The number of carbonyl (C=O) groups excluding carboxylic acids is 1. The fraction of sp³-hybridized carbons (Fsp3) is 0.250. The molecule has 0 bridgehead atoms. The molecule has 1 amide bonds. The Labute approximate surface area is 138 Å². The number of H-pyrrole nitrogens is 1. The molecule has 0 radical (unpaired) electrons. The van der Waals surface area contributed by atoms with Gasteiger partial charge in [0.2, 0.25) is 5.91 Å². The average molecular weight is 327 g/mol. The number of aromatic nitrogens is 4. The topological polar surface area (TPSA) is 83.6 Å². The zero-order valence-corrected chi connectivity index (χ0v) is 13.9. The van der Waals surface area contributed by atoms with E-state index >= 15 is 0 Å². The molecule has 0 aliphatic rings. The first-order valence-electron chi connectivity index (χ1n) is 7.24. The number of aromatic amines is 1. The van der Waals surface area contributed by atoms with E-state index in [1.807, 2.05) is 39.0 Å². The van der Waals surface area contributed by atoms with E-state index in [4.69, 9.17) is 0 Å². The molecule has 0 aliphatic heterocycles. The SMILES string of the molecule is Cc1cccc(NC(=O)[C@@H](C)Sc2ncnc3nc[nH]c23)c1C. The number of nitrogens with one attached hydrogen (secondary N) is 2. The van der Waals surface area contributed by atoms with E-state index in [-0.39, 0.29) is 11.2 Å². The molecule has 2 heterocycles. The molecule has 2 aromatic heterocycles. The molecule has 118 valence electrons. The highest BCUT2D eigenvalue weighted by Crippen LogP contribution is 2.27. The predicted octanol–water partition coefficient (Wildman–Crippen LogP) is 3.09. The van der Waals surface area contributed by atoms with Crippen LogP contribution < -0.4 is 5.32 Å². The summed E-state index contributed by atoms with van der Waals surface area (Å²) in [7, 11) is 0. The van der Waals surface area contributed by atoms with Crippen LogP contribution in [0.4, 0.5) is 5.69 Å². The van der Waals surface area contributed by atoms with Crippen LogP contribution in [0.5, 0.6) is 0 Å². The number of hydrogen-bond donors (Lipinski definition) is 2. The van der Waals surface area contributed by atoms with Gasteiger partial charge >= 0.3 is 0 Å². The van der Waals surface area contributed by atoms with Crippen LogP contribution >= 0.6 is 11.8 Å². The number of benzene rings is 1. The van der Waals surface area contributed by atoms with Gasteiger partial charge in [0.05, 0.1) is 11.6 Å². The molecule has 0 saturated carbocycles. The highest BCUT2D eigenvalue weighted by atomic mass is 32.2. The van der Waals surface area contributed by atoms with Gasteiger partial charge < -0.3 is 10.3 Å². The number of nitrogens with zero attached hydrogens (tertiary/aromatic N) is 3. The fourth-order valence-corrected chi connectivity index (χ4v) is 3.05. The summed E-state index contributed by atoms with van der Waals surface area (Å²) >= 11 is 1.38. The van der Waals surface area contributed by atoms with Gasteiger partial charge in [-0.2, -0.15) is 0 Å². The van der Waals surface area contributed by atoms with Crippen LogP contribution in [-0.4, -0.2) is 31.1 Å². The third-order valence-corrected chi connectivity index (χ3v) is 4.81. The summed E-state index contributed by atoms with van der Waals surface area (Å²) in [6.45, 7) is 5.88. The molecule has 0 aliphatic carbocycles. The number of thioether (sulfide) groups is 1. The van der Waals surface area contributed by atoms with Crippen LogP contribution in [0.15, 0.2) is 35.9 Å². The van der Waals surface area contributed by atoms with E-state index in [0.717, 1.165) is 27.4 Å². The van der Waals surface area contributed by atoms with E-state index in [1.165, 1.54) is 18.1 Å². The van der Waals surface area contributed by atoms with Gasteiger partial charge in [0.25, 0.3) is 0 Å². The van der Waals surface area contributed by atoms with Crippen molar-refractivity contribution in [2.24, 2.45) is 0 Å². The lowest BCUT2D eigenvalue weighted by molar-refractivity contribution is -0.115. The number of anilines is 1. The van der Waals surface area contributed by atoms with Gasteiger partial charge in [0.15, 0.2) is 5.65 Å². The minimum Gasteiger partial charge on any atom is -0.341 e. The normalized spacial score (nSPS) is 12.3. The Kier molecular flexibility index (Phi) is 4.29. The van der Waals surface area contributed by atoms with Gasteiger partial charge in [-0.05, 0) is 38.0 Å². The van der Waals surface area contributed by atoms with Crippen molar-refractivity contribution in [3.05, 3.63) is 42.0 Å². The summed E-state index contributed by atoms with van der Waals surface area (Å²) in [5.41, 5.74) is 4.43. The molecule has 2 N–H and O–H groups in total. The van der Waals surface area contributed by atoms with E-state index in [0.29, 0.717) is 5.65 Å². The largest absolute Gasteiger partial charge is 0.341 e. The molecule has 23 heavy (non-hydrogen) atoms. The van der Waals surface area contributed by atoms with E-state index < -0.39 is 0 Å². The Bertz CT molecular complexity index is 861. The lowest BCUT2D eigenvalue weighted by atomic mass is 10.1. The van der Waals surface area contributed by atoms with Crippen molar-refractivity contribution in [1.82, 2.24) is 19.9 Å². The number of rotatable bonds is 4. The Balaban J connectivity index is 1.75. The minimum absolute atomic E-state index is 0.0602. The predicted molar refractivity (Wildman–Crippen MR) is 91.5 cm³/mol.